The molecule has 0 aliphatic rings. The SMILES string of the molecule is Cn1cc(C(=O)NC(C)(C)CC(=O)O)cn1. The van der Waals surface area contributed by atoms with Crippen molar-refractivity contribution >= 4 is 11.9 Å². The van der Waals surface area contributed by atoms with Crippen LogP contribution in [0.1, 0.15) is 30.6 Å². The van der Waals surface area contributed by atoms with E-state index < -0.39 is 11.5 Å². The Kier molecular flexibility index (Phi) is 3.31. The molecule has 1 aromatic heterocycles. The number of hydrogen-bond donors (Lipinski definition) is 2. The summed E-state index contributed by atoms with van der Waals surface area (Å²) in [5, 5.41) is 15.2. The number of aromatic nitrogens is 2. The quantitative estimate of drug-likeness (QED) is 0.777. The van der Waals surface area contributed by atoms with Crippen LogP contribution < -0.4 is 5.32 Å². The van der Waals surface area contributed by atoms with Crippen LogP contribution in [0.3, 0.4) is 0 Å². The first-order chi connectivity index (χ1) is 7.30. The number of rotatable bonds is 4. The standard InChI is InChI=1S/C10H15N3O3/c1-10(2,4-8(14)15)12-9(16)7-5-11-13(3)6-7/h5-6H,4H2,1-3H3,(H,12,16)(H,14,15). The average Bonchev–Trinajstić information content (AvgIpc) is 2.47. The fourth-order valence-corrected chi connectivity index (χ4v) is 1.34. The molecule has 88 valence electrons. The normalized spacial score (nSPS) is 11.2. The lowest BCUT2D eigenvalue weighted by Crippen LogP contribution is -2.44. The van der Waals surface area contributed by atoms with Crippen molar-refractivity contribution in [2.24, 2.45) is 7.05 Å². The molecule has 6 heteroatoms. The van der Waals surface area contributed by atoms with E-state index in [4.69, 9.17) is 5.11 Å². The van der Waals surface area contributed by atoms with Crippen molar-refractivity contribution in [2.75, 3.05) is 0 Å². The van der Waals surface area contributed by atoms with Gasteiger partial charge in [0, 0.05) is 18.8 Å². The number of carbonyl (C=O) groups excluding carboxylic acids is 1. The van der Waals surface area contributed by atoms with Crippen LogP contribution in [-0.4, -0.2) is 32.3 Å². The molecule has 0 radical (unpaired) electrons. The average molecular weight is 225 g/mol. The van der Waals surface area contributed by atoms with E-state index in [1.54, 1.807) is 27.1 Å². The molecule has 1 aromatic rings. The summed E-state index contributed by atoms with van der Waals surface area (Å²) in [6.07, 6.45) is 2.89. The molecule has 0 aliphatic heterocycles. The summed E-state index contributed by atoms with van der Waals surface area (Å²) in [7, 11) is 1.71. The number of carboxylic acids is 1. The highest BCUT2D eigenvalue weighted by Crippen LogP contribution is 2.09. The van der Waals surface area contributed by atoms with Crippen molar-refractivity contribution in [1.29, 1.82) is 0 Å². The van der Waals surface area contributed by atoms with Crippen molar-refractivity contribution in [3.8, 4) is 0 Å². The fourth-order valence-electron chi connectivity index (χ4n) is 1.34. The van der Waals surface area contributed by atoms with Gasteiger partial charge in [0.15, 0.2) is 0 Å². The minimum Gasteiger partial charge on any atom is -0.481 e. The Morgan fingerprint density at radius 2 is 2.19 bits per heavy atom. The van der Waals surface area contributed by atoms with Gasteiger partial charge >= 0.3 is 5.97 Å². The molecular weight excluding hydrogens is 210 g/mol. The largest absolute Gasteiger partial charge is 0.481 e. The summed E-state index contributed by atoms with van der Waals surface area (Å²) < 4.78 is 1.51. The topological polar surface area (TPSA) is 84.2 Å². The third-order valence-electron chi connectivity index (χ3n) is 2.01. The van der Waals surface area contributed by atoms with Crippen LogP contribution in [0.2, 0.25) is 0 Å². The first-order valence-corrected chi connectivity index (χ1v) is 4.83. The van der Waals surface area contributed by atoms with E-state index in [1.807, 2.05) is 0 Å². The second kappa shape index (κ2) is 4.34. The van der Waals surface area contributed by atoms with E-state index in [9.17, 15) is 9.59 Å². The van der Waals surface area contributed by atoms with Gasteiger partial charge < -0.3 is 10.4 Å². The summed E-state index contributed by atoms with van der Waals surface area (Å²) in [6, 6.07) is 0. The van der Waals surface area contributed by atoms with Crippen molar-refractivity contribution < 1.29 is 14.7 Å². The van der Waals surface area contributed by atoms with Crippen molar-refractivity contribution in [3.63, 3.8) is 0 Å². The molecule has 1 amide bonds. The van der Waals surface area contributed by atoms with Crippen LogP contribution in [0.15, 0.2) is 12.4 Å². The van der Waals surface area contributed by atoms with Crippen LogP contribution in [0.4, 0.5) is 0 Å². The van der Waals surface area contributed by atoms with Crippen molar-refractivity contribution in [2.45, 2.75) is 25.8 Å². The predicted molar refractivity (Wildman–Crippen MR) is 57.0 cm³/mol. The van der Waals surface area contributed by atoms with Gasteiger partial charge in [-0.1, -0.05) is 0 Å². The Bertz CT molecular complexity index is 409. The lowest BCUT2D eigenvalue weighted by molar-refractivity contribution is -0.138. The van der Waals surface area contributed by atoms with Crippen molar-refractivity contribution in [1.82, 2.24) is 15.1 Å². The van der Waals surface area contributed by atoms with Gasteiger partial charge in [-0.05, 0) is 13.8 Å². The summed E-state index contributed by atoms with van der Waals surface area (Å²) in [5.74, 6) is -1.27. The van der Waals surface area contributed by atoms with Gasteiger partial charge in [-0.2, -0.15) is 5.10 Å². The van der Waals surface area contributed by atoms with E-state index in [-0.39, 0.29) is 12.3 Å². The number of aryl methyl sites for hydroxylation is 1. The summed E-state index contributed by atoms with van der Waals surface area (Å²) >= 11 is 0. The van der Waals surface area contributed by atoms with Crippen LogP contribution in [0.5, 0.6) is 0 Å². The molecule has 0 bridgehead atoms. The number of aliphatic carboxylic acids is 1. The van der Waals surface area contributed by atoms with Crippen molar-refractivity contribution in [3.05, 3.63) is 18.0 Å². The lowest BCUT2D eigenvalue weighted by atomic mass is 10.0. The molecule has 0 aromatic carbocycles. The Hall–Kier alpha value is -1.85. The van der Waals surface area contributed by atoms with Gasteiger partial charge in [-0.25, -0.2) is 0 Å². The number of nitrogens with zero attached hydrogens (tertiary/aromatic N) is 2. The Labute approximate surface area is 93.3 Å². The predicted octanol–water partition coefficient (Wildman–Crippen LogP) is 0.403. The zero-order chi connectivity index (χ0) is 12.3. The molecule has 1 heterocycles. The van der Waals surface area contributed by atoms with Gasteiger partial charge in [0.25, 0.3) is 5.91 Å². The molecule has 0 aliphatic carbocycles. The maximum absolute atomic E-state index is 11.7. The number of carboxylic acid groups (broad SMARTS) is 1. The molecule has 0 atom stereocenters. The molecule has 0 saturated carbocycles. The third kappa shape index (κ3) is 3.38. The summed E-state index contributed by atoms with van der Waals surface area (Å²) in [6.45, 7) is 3.32. The van der Waals surface area contributed by atoms with Gasteiger partial charge in [0.1, 0.15) is 0 Å². The van der Waals surface area contributed by atoms with E-state index in [2.05, 4.69) is 10.4 Å². The van der Waals surface area contributed by atoms with Crippen LogP contribution in [0, 0.1) is 0 Å². The van der Waals surface area contributed by atoms with Gasteiger partial charge in [0.2, 0.25) is 0 Å². The smallest absolute Gasteiger partial charge is 0.305 e. The van der Waals surface area contributed by atoms with Crippen LogP contribution >= 0.6 is 0 Å². The minimum absolute atomic E-state index is 0.126. The molecular formula is C10H15N3O3. The third-order valence-corrected chi connectivity index (χ3v) is 2.01. The highest BCUT2D eigenvalue weighted by atomic mass is 16.4. The molecule has 16 heavy (non-hydrogen) atoms. The lowest BCUT2D eigenvalue weighted by Gasteiger charge is -2.23. The van der Waals surface area contributed by atoms with Gasteiger partial charge in [-0.15, -0.1) is 0 Å². The van der Waals surface area contributed by atoms with E-state index in [0.29, 0.717) is 5.56 Å². The Balaban J connectivity index is 2.67. The number of nitrogens with one attached hydrogen (secondary N) is 1. The molecule has 1 rings (SSSR count). The number of hydrogen-bond acceptors (Lipinski definition) is 3. The second-order valence-electron chi connectivity index (χ2n) is 4.31. The highest BCUT2D eigenvalue weighted by molar-refractivity contribution is 5.94. The van der Waals surface area contributed by atoms with E-state index in [0.717, 1.165) is 0 Å². The van der Waals surface area contributed by atoms with Gasteiger partial charge in [0.05, 0.1) is 18.2 Å². The molecule has 0 spiro atoms. The monoisotopic (exact) mass is 225 g/mol. The van der Waals surface area contributed by atoms with E-state index in [1.165, 1.54) is 10.9 Å². The molecule has 2 N–H and O–H groups in total. The molecule has 0 saturated heterocycles. The Morgan fingerprint density at radius 3 is 2.62 bits per heavy atom. The first kappa shape index (κ1) is 12.2. The second-order valence-corrected chi connectivity index (χ2v) is 4.31. The summed E-state index contributed by atoms with van der Waals surface area (Å²) in [4.78, 5) is 22.3. The molecule has 0 unspecified atom stereocenters. The maximum Gasteiger partial charge on any atom is 0.305 e. The molecule has 0 fully saturated rings. The Morgan fingerprint density at radius 1 is 1.56 bits per heavy atom. The summed E-state index contributed by atoms with van der Waals surface area (Å²) in [5.41, 5.74) is -0.361. The van der Waals surface area contributed by atoms with E-state index >= 15 is 0 Å². The van der Waals surface area contributed by atoms with Crippen LogP contribution in [-0.2, 0) is 11.8 Å². The number of carbonyl (C=O) groups is 2. The minimum atomic E-state index is -0.948. The zero-order valence-corrected chi connectivity index (χ0v) is 9.52. The first-order valence-electron chi connectivity index (χ1n) is 4.83. The number of amides is 1. The molecule has 6 nitrogen and oxygen atoms in total. The van der Waals surface area contributed by atoms with Crippen LogP contribution in [0.25, 0.3) is 0 Å². The maximum atomic E-state index is 11.7. The zero-order valence-electron chi connectivity index (χ0n) is 9.52. The fraction of sp³-hybridized carbons (Fsp3) is 0.500. The highest BCUT2D eigenvalue weighted by Gasteiger charge is 2.24. The van der Waals surface area contributed by atoms with Gasteiger partial charge in [-0.3, -0.25) is 14.3 Å².